The van der Waals surface area contributed by atoms with Gasteiger partial charge >= 0.3 is 5.97 Å². The molecule has 108 valence electrons. The Hall–Kier alpha value is -2.08. The predicted molar refractivity (Wildman–Crippen MR) is 76.5 cm³/mol. The minimum atomic E-state index is -0.455. The first-order valence-electron chi connectivity index (χ1n) is 6.64. The van der Waals surface area contributed by atoms with Crippen LogP contribution in [0.4, 0.5) is 11.4 Å². The lowest BCUT2D eigenvalue weighted by molar-refractivity contribution is -0.118. The van der Waals surface area contributed by atoms with Gasteiger partial charge in [-0.05, 0) is 37.6 Å². The molecule has 1 heterocycles. The lowest BCUT2D eigenvalue weighted by Crippen LogP contribution is -2.43. The van der Waals surface area contributed by atoms with Gasteiger partial charge in [-0.15, -0.1) is 0 Å². The second-order valence-electron chi connectivity index (χ2n) is 4.79. The molecule has 0 aliphatic carbocycles. The normalized spacial score (nSPS) is 18.4. The van der Waals surface area contributed by atoms with E-state index in [9.17, 15) is 9.59 Å². The number of anilines is 2. The fourth-order valence-electron chi connectivity index (χ4n) is 2.22. The number of amides is 1. The molecule has 1 atom stereocenters. The Morgan fingerprint density at radius 1 is 1.40 bits per heavy atom. The molecule has 1 aliphatic rings. The molecule has 0 aromatic heterocycles. The van der Waals surface area contributed by atoms with Gasteiger partial charge in [-0.2, -0.15) is 0 Å². The maximum atomic E-state index is 12.1. The van der Waals surface area contributed by atoms with E-state index < -0.39 is 5.97 Å². The van der Waals surface area contributed by atoms with Crippen molar-refractivity contribution in [3.05, 3.63) is 23.8 Å². The van der Waals surface area contributed by atoms with Crippen LogP contribution in [-0.4, -0.2) is 31.6 Å². The van der Waals surface area contributed by atoms with Crippen LogP contribution in [-0.2, 0) is 9.53 Å². The molecule has 1 fully saturated rings. The average Bonchev–Trinajstić information content (AvgIpc) is 2.49. The number of benzene rings is 1. The topological polar surface area (TPSA) is 93.4 Å². The molecule has 0 radical (unpaired) electrons. The lowest BCUT2D eigenvalue weighted by Gasteiger charge is -2.22. The number of carbonyl (C=O) groups excluding carboxylic acids is 2. The van der Waals surface area contributed by atoms with E-state index in [2.05, 4.69) is 15.4 Å². The Morgan fingerprint density at radius 2 is 2.20 bits per heavy atom. The van der Waals surface area contributed by atoms with Crippen molar-refractivity contribution in [1.29, 1.82) is 0 Å². The number of esters is 1. The molecule has 0 saturated carbocycles. The molecule has 0 spiro atoms. The van der Waals surface area contributed by atoms with Crippen LogP contribution in [0.2, 0.25) is 0 Å². The van der Waals surface area contributed by atoms with Gasteiger partial charge < -0.3 is 21.1 Å². The highest BCUT2D eigenvalue weighted by atomic mass is 16.5. The van der Waals surface area contributed by atoms with E-state index in [4.69, 9.17) is 5.73 Å². The van der Waals surface area contributed by atoms with Gasteiger partial charge in [0.15, 0.2) is 0 Å². The minimum Gasteiger partial charge on any atom is -0.465 e. The van der Waals surface area contributed by atoms with Crippen molar-refractivity contribution < 1.29 is 14.3 Å². The van der Waals surface area contributed by atoms with Gasteiger partial charge in [0.05, 0.1) is 30.1 Å². The zero-order chi connectivity index (χ0) is 14.5. The van der Waals surface area contributed by atoms with E-state index in [1.54, 1.807) is 12.1 Å². The Morgan fingerprint density at radius 3 is 2.80 bits per heavy atom. The summed E-state index contributed by atoms with van der Waals surface area (Å²) in [5, 5.41) is 5.96. The summed E-state index contributed by atoms with van der Waals surface area (Å²) in [7, 11) is 1.31. The number of nitrogen functional groups attached to an aromatic ring is 1. The molecule has 4 N–H and O–H groups in total. The summed E-state index contributed by atoms with van der Waals surface area (Å²) in [5.41, 5.74) is 7.06. The number of methoxy groups -OCH3 is 1. The standard InChI is InChI=1S/C14H19N3O3/c1-20-14(19)9-5-6-11(10(15)8-9)17-13(18)12-4-2-3-7-16-12/h5-6,8,12,16H,2-4,7,15H2,1H3,(H,17,18). The predicted octanol–water partition coefficient (Wildman–Crippen LogP) is 1.14. The fourth-order valence-corrected chi connectivity index (χ4v) is 2.22. The maximum Gasteiger partial charge on any atom is 0.337 e. The maximum absolute atomic E-state index is 12.1. The highest BCUT2D eigenvalue weighted by molar-refractivity contribution is 5.99. The zero-order valence-corrected chi connectivity index (χ0v) is 11.4. The summed E-state index contributed by atoms with van der Waals surface area (Å²) in [6, 6.07) is 4.51. The number of nitrogens with one attached hydrogen (secondary N) is 2. The van der Waals surface area contributed by atoms with Crippen molar-refractivity contribution in [2.24, 2.45) is 0 Å². The van der Waals surface area contributed by atoms with Gasteiger partial charge in [0, 0.05) is 0 Å². The third-order valence-electron chi connectivity index (χ3n) is 3.36. The Kier molecular flexibility index (Phi) is 4.57. The quantitative estimate of drug-likeness (QED) is 0.569. The third kappa shape index (κ3) is 3.27. The summed E-state index contributed by atoms with van der Waals surface area (Å²) in [6.07, 6.45) is 2.97. The molecule has 1 amide bonds. The number of piperidine rings is 1. The second-order valence-corrected chi connectivity index (χ2v) is 4.79. The van der Waals surface area contributed by atoms with E-state index in [1.165, 1.54) is 13.2 Å². The SMILES string of the molecule is COC(=O)c1ccc(NC(=O)C2CCCCN2)c(N)c1. The number of nitrogens with two attached hydrogens (primary N) is 1. The molecule has 6 nitrogen and oxygen atoms in total. The summed E-state index contributed by atoms with van der Waals surface area (Å²) in [5.74, 6) is -0.550. The largest absolute Gasteiger partial charge is 0.465 e. The van der Waals surface area contributed by atoms with Gasteiger partial charge in [0.25, 0.3) is 0 Å². The molecule has 0 bridgehead atoms. The highest BCUT2D eigenvalue weighted by Crippen LogP contribution is 2.21. The number of carbonyl (C=O) groups is 2. The third-order valence-corrected chi connectivity index (χ3v) is 3.36. The first-order valence-corrected chi connectivity index (χ1v) is 6.64. The van der Waals surface area contributed by atoms with E-state index >= 15 is 0 Å². The molecule has 6 heteroatoms. The van der Waals surface area contributed by atoms with Gasteiger partial charge in [-0.1, -0.05) is 6.42 Å². The van der Waals surface area contributed by atoms with Crippen LogP contribution >= 0.6 is 0 Å². The summed E-state index contributed by atoms with van der Waals surface area (Å²) in [4.78, 5) is 23.4. The van der Waals surface area contributed by atoms with Crippen LogP contribution in [0.15, 0.2) is 18.2 Å². The second kappa shape index (κ2) is 6.38. The molecular weight excluding hydrogens is 258 g/mol. The number of ether oxygens (including phenoxy) is 1. The molecule has 1 aromatic rings. The van der Waals surface area contributed by atoms with E-state index in [0.717, 1.165) is 25.8 Å². The van der Waals surface area contributed by atoms with Crippen molar-refractivity contribution in [1.82, 2.24) is 5.32 Å². The van der Waals surface area contributed by atoms with E-state index in [1.807, 2.05) is 0 Å². The van der Waals surface area contributed by atoms with Crippen LogP contribution in [0.1, 0.15) is 29.6 Å². The first kappa shape index (κ1) is 14.3. The Bertz CT molecular complexity index is 510. The number of hydrogen-bond acceptors (Lipinski definition) is 5. The molecule has 1 aliphatic heterocycles. The Labute approximate surface area is 117 Å². The van der Waals surface area contributed by atoms with E-state index in [-0.39, 0.29) is 11.9 Å². The van der Waals surface area contributed by atoms with Crippen LogP contribution in [0.3, 0.4) is 0 Å². The average molecular weight is 277 g/mol. The molecule has 2 rings (SSSR count). The van der Waals surface area contributed by atoms with Crippen LogP contribution in [0.5, 0.6) is 0 Å². The monoisotopic (exact) mass is 277 g/mol. The fraction of sp³-hybridized carbons (Fsp3) is 0.429. The summed E-state index contributed by atoms with van der Waals surface area (Å²) in [6.45, 7) is 0.856. The van der Waals surface area contributed by atoms with Crippen molar-refractivity contribution in [2.75, 3.05) is 24.7 Å². The Balaban J connectivity index is 2.05. The van der Waals surface area contributed by atoms with Gasteiger partial charge in [0.1, 0.15) is 0 Å². The first-order chi connectivity index (χ1) is 9.61. The van der Waals surface area contributed by atoms with Crippen molar-refractivity contribution in [2.45, 2.75) is 25.3 Å². The molecule has 1 aromatic carbocycles. The van der Waals surface area contributed by atoms with Gasteiger partial charge in [-0.3, -0.25) is 4.79 Å². The van der Waals surface area contributed by atoms with E-state index in [0.29, 0.717) is 16.9 Å². The summed E-state index contributed by atoms with van der Waals surface area (Å²) >= 11 is 0. The van der Waals surface area contributed by atoms with Crippen molar-refractivity contribution >= 4 is 23.3 Å². The molecular formula is C14H19N3O3. The van der Waals surface area contributed by atoms with Gasteiger partial charge in [-0.25, -0.2) is 4.79 Å². The summed E-state index contributed by atoms with van der Waals surface area (Å²) < 4.78 is 4.62. The smallest absolute Gasteiger partial charge is 0.337 e. The highest BCUT2D eigenvalue weighted by Gasteiger charge is 2.21. The van der Waals surface area contributed by atoms with Crippen molar-refractivity contribution in [3.63, 3.8) is 0 Å². The zero-order valence-electron chi connectivity index (χ0n) is 11.4. The van der Waals surface area contributed by atoms with Crippen LogP contribution in [0, 0.1) is 0 Å². The van der Waals surface area contributed by atoms with Crippen molar-refractivity contribution in [3.8, 4) is 0 Å². The number of rotatable bonds is 3. The van der Waals surface area contributed by atoms with Crippen LogP contribution in [0.25, 0.3) is 0 Å². The minimum absolute atomic E-state index is 0.0952. The lowest BCUT2D eigenvalue weighted by atomic mass is 10.0. The van der Waals surface area contributed by atoms with Crippen LogP contribution < -0.4 is 16.4 Å². The molecule has 1 saturated heterocycles. The molecule has 20 heavy (non-hydrogen) atoms. The molecule has 1 unspecified atom stereocenters. The number of hydrogen-bond donors (Lipinski definition) is 3. The van der Waals surface area contributed by atoms with Gasteiger partial charge in [0.2, 0.25) is 5.91 Å².